The lowest BCUT2D eigenvalue weighted by Gasteiger charge is -2.29. The first-order chi connectivity index (χ1) is 17.2. The molecule has 0 spiro atoms. The van der Waals surface area contributed by atoms with Crippen LogP contribution in [0.1, 0.15) is 69.6 Å². The van der Waals surface area contributed by atoms with Gasteiger partial charge in [0, 0.05) is 11.6 Å². The van der Waals surface area contributed by atoms with Crippen molar-refractivity contribution in [1.29, 1.82) is 0 Å². The van der Waals surface area contributed by atoms with Crippen molar-refractivity contribution < 1.29 is 4.74 Å². The normalized spacial score (nSPS) is 12.9. The Labute approximate surface area is 217 Å². The van der Waals surface area contributed by atoms with Crippen molar-refractivity contribution in [2.75, 3.05) is 19.7 Å². The van der Waals surface area contributed by atoms with Gasteiger partial charge in [0.15, 0.2) is 0 Å². The predicted octanol–water partition coefficient (Wildman–Crippen LogP) is 8.90. The fourth-order valence-electron chi connectivity index (χ4n) is 4.58. The number of rotatable bonds is 14. The molecule has 35 heavy (non-hydrogen) atoms. The molecule has 3 aromatic rings. The van der Waals surface area contributed by atoms with E-state index in [1.165, 1.54) is 32.1 Å². The molecular weight excluding hydrogens is 450 g/mol. The van der Waals surface area contributed by atoms with E-state index >= 15 is 0 Å². The summed E-state index contributed by atoms with van der Waals surface area (Å²) in [7, 11) is 0. The van der Waals surface area contributed by atoms with Crippen molar-refractivity contribution in [2.45, 2.75) is 58.9 Å². The number of unbranched alkanes of at least 4 members (excludes halogenated alkanes) is 3. The van der Waals surface area contributed by atoms with E-state index < -0.39 is 0 Å². The number of hydrogen-bond acceptors (Lipinski definition) is 2. The van der Waals surface area contributed by atoms with Crippen molar-refractivity contribution in [3.63, 3.8) is 0 Å². The minimum absolute atomic E-state index is 0.453. The van der Waals surface area contributed by atoms with Gasteiger partial charge in [-0.05, 0) is 48.3 Å². The van der Waals surface area contributed by atoms with Crippen molar-refractivity contribution >= 4 is 22.2 Å². The standard InChI is InChI=1S/C32H40ClNO/c1-4-7-8-15-20-29(34(5-2)6-3)25-35-30-23-21-27(22-24-30)31(26-16-11-9-12-17-26)32(33)28-18-13-10-14-19-28/h9-14,16-19,21-24,29H,4-8,15,20,25H2,1-3H3. The van der Waals surface area contributed by atoms with Crippen LogP contribution in [0.4, 0.5) is 0 Å². The molecule has 0 aromatic heterocycles. The maximum absolute atomic E-state index is 6.96. The Morgan fingerprint density at radius 1 is 0.714 bits per heavy atom. The molecule has 0 heterocycles. The van der Waals surface area contributed by atoms with Crippen molar-refractivity contribution in [1.82, 2.24) is 4.90 Å². The molecule has 2 nitrogen and oxygen atoms in total. The molecule has 186 valence electrons. The molecule has 3 heteroatoms. The topological polar surface area (TPSA) is 12.5 Å². The lowest BCUT2D eigenvalue weighted by Crippen LogP contribution is -2.39. The average Bonchev–Trinajstić information content (AvgIpc) is 2.92. The zero-order chi connectivity index (χ0) is 24.9. The van der Waals surface area contributed by atoms with Gasteiger partial charge in [-0.25, -0.2) is 0 Å². The number of nitrogens with zero attached hydrogens (tertiary/aromatic N) is 1. The monoisotopic (exact) mass is 489 g/mol. The fraction of sp³-hybridized carbons (Fsp3) is 0.375. The molecule has 1 unspecified atom stereocenters. The van der Waals surface area contributed by atoms with Crippen LogP contribution < -0.4 is 4.74 Å². The van der Waals surface area contributed by atoms with Crippen molar-refractivity contribution in [3.05, 3.63) is 102 Å². The van der Waals surface area contributed by atoms with Gasteiger partial charge in [0.25, 0.3) is 0 Å². The molecule has 0 saturated carbocycles. The second-order valence-electron chi connectivity index (χ2n) is 8.98. The molecule has 3 rings (SSSR count). The molecule has 0 radical (unpaired) electrons. The van der Waals surface area contributed by atoms with E-state index in [-0.39, 0.29) is 0 Å². The third kappa shape index (κ3) is 7.98. The van der Waals surface area contributed by atoms with Crippen LogP contribution in [0, 0.1) is 0 Å². The Morgan fingerprint density at radius 3 is 1.86 bits per heavy atom. The summed E-state index contributed by atoms with van der Waals surface area (Å²) >= 11 is 6.96. The fourth-order valence-corrected chi connectivity index (χ4v) is 4.93. The second kappa shape index (κ2) is 14.8. The second-order valence-corrected chi connectivity index (χ2v) is 9.36. The zero-order valence-electron chi connectivity index (χ0n) is 21.6. The number of likely N-dealkylation sites (N-methyl/N-ethyl adjacent to an activating group) is 1. The molecule has 0 bridgehead atoms. The summed E-state index contributed by atoms with van der Waals surface area (Å²) in [5.41, 5.74) is 4.22. The van der Waals surface area contributed by atoms with Crippen LogP contribution in [-0.2, 0) is 0 Å². The SMILES string of the molecule is CCCCCCC(COc1ccc(C(=C(Cl)c2ccccc2)c2ccccc2)cc1)N(CC)CC. The van der Waals surface area contributed by atoms with Crippen molar-refractivity contribution in [2.24, 2.45) is 0 Å². The van der Waals surface area contributed by atoms with Crippen molar-refractivity contribution in [3.8, 4) is 5.75 Å². The summed E-state index contributed by atoms with van der Waals surface area (Å²) in [5, 5.41) is 0.749. The largest absolute Gasteiger partial charge is 0.492 e. The molecule has 0 fully saturated rings. The Morgan fingerprint density at radius 2 is 1.29 bits per heavy atom. The first kappa shape index (κ1) is 27.0. The van der Waals surface area contributed by atoms with Gasteiger partial charge >= 0.3 is 0 Å². The molecule has 1 atom stereocenters. The van der Waals surface area contributed by atoms with Crippen LogP contribution >= 0.6 is 11.6 Å². The summed E-state index contributed by atoms with van der Waals surface area (Å²) in [6.07, 6.45) is 6.34. The Kier molecular flexibility index (Phi) is 11.4. The molecule has 0 aliphatic heterocycles. The van der Waals surface area contributed by atoms with Crippen LogP contribution in [0.2, 0.25) is 0 Å². The smallest absolute Gasteiger partial charge is 0.119 e. The number of benzene rings is 3. The van der Waals surface area contributed by atoms with E-state index in [4.69, 9.17) is 16.3 Å². The van der Waals surface area contributed by atoms with Gasteiger partial charge in [0.05, 0.1) is 5.03 Å². The van der Waals surface area contributed by atoms with Gasteiger partial charge in [-0.2, -0.15) is 0 Å². The molecular formula is C32H40ClNO. The summed E-state index contributed by atoms with van der Waals surface area (Å²) in [6, 6.07) is 29.3. The highest BCUT2D eigenvalue weighted by Crippen LogP contribution is 2.35. The highest BCUT2D eigenvalue weighted by Gasteiger charge is 2.17. The first-order valence-electron chi connectivity index (χ1n) is 13.2. The number of hydrogen-bond donors (Lipinski definition) is 0. The molecule has 0 saturated heterocycles. The average molecular weight is 490 g/mol. The summed E-state index contributed by atoms with van der Waals surface area (Å²) in [6.45, 7) is 9.58. The van der Waals surface area contributed by atoms with Crippen LogP contribution in [0.3, 0.4) is 0 Å². The van der Waals surface area contributed by atoms with Gasteiger partial charge < -0.3 is 4.74 Å². The van der Waals surface area contributed by atoms with E-state index in [2.05, 4.69) is 86.3 Å². The van der Waals surface area contributed by atoms with Gasteiger partial charge in [0.1, 0.15) is 12.4 Å². The van der Waals surface area contributed by atoms with E-state index in [1.807, 2.05) is 24.3 Å². The van der Waals surface area contributed by atoms with Gasteiger partial charge in [-0.1, -0.05) is 131 Å². The van der Waals surface area contributed by atoms with Crippen LogP contribution in [0.15, 0.2) is 84.9 Å². The van der Waals surface area contributed by atoms with Gasteiger partial charge in [-0.3, -0.25) is 4.90 Å². The van der Waals surface area contributed by atoms with Gasteiger partial charge in [0.2, 0.25) is 0 Å². The maximum atomic E-state index is 6.96. The molecule has 0 aliphatic rings. The minimum Gasteiger partial charge on any atom is -0.492 e. The minimum atomic E-state index is 0.453. The summed E-state index contributed by atoms with van der Waals surface area (Å²) < 4.78 is 6.30. The van der Waals surface area contributed by atoms with Gasteiger partial charge in [-0.15, -0.1) is 0 Å². The molecule has 3 aromatic carbocycles. The van der Waals surface area contributed by atoms with E-state index in [0.29, 0.717) is 6.04 Å². The Bertz CT molecular complexity index is 1010. The highest BCUT2D eigenvalue weighted by atomic mass is 35.5. The molecule has 0 N–H and O–H groups in total. The predicted molar refractivity (Wildman–Crippen MR) is 152 cm³/mol. The first-order valence-corrected chi connectivity index (χ1v) is 13.5. The number of ether oxygens (including phenoxy) is 1. The third-order valence-corrected chi connectivity index (χ3v) is 7.02. The van der Waals surface area contributed by atoms with E-state index in [9.17, 15) is 0 Å². The maximum Gasteiger partial charge on any atom is 0.119 e. The quantitative estimate of drug-likeness (QED) is 0.165. The molecule has 0 aliphatic carbocycles. The van der Waals surface area contributed by atoms with E-state index in [1.54, 1.807) is 0 Å². The van der Waals surface area contributed by atoms with E-state index in [0.717, 1.165) is 52.7 Å². The lowest BCUT2D eigenvalue weighted by atomic mass is 9.95. The Balaban J connectivity index is 1.78. The third-order valence-electron chi connectivity index (χ3n) is 6.61. The zero-order valence-corrected chi connectivity index (χ0v) is 22.3. The highest BCUT2D eigenvalue weighted by molar-refractivity contribution is 6.53. The van der Waals surface area contributed by atoms with Crippen LogP contribution in [0.25, 0.3) is 10.6 Å². The van der Waals surface area contributed by atoms with Crippen LogP contribution in [0.5, 0.6) is 5.75 Å². The number of halogens is 1. The Hall–Kier alpha value is -2.55. The summed E-state index contributed by atoms with van der Waals surface area (Å²) in [5.74, 6) is 0.905. The lowest BCUT2D eigenvalue weighted by molar-refractivity contribution is 0.136. The molecule has 0 amide bonds. The summed E-state index contributed by atoms with van der Waals surface area (Å²) in [4.78, 5) is 2.52. The van der Waals surface area contributed by atoms with Crippen LogP contribution in [-0.4, -0.2) is 30.6 Å².